The van der Waals surface area contributed by atoms with Gasteiger partial charge in [-0.1, -0.05) is 19.1 Å². The Kier molecular flexibility index (Phi) is 6.50. The molecule has 0 bridgehead atoms. The highest BCUT2D eigenvalue weighted by Gasteiger charge is 2.30. The minimum Gasteiger partial charge on any atom is -0.492 e. The summed E-state index contributed by atoms with van der Waals surface area (Å²) in [6.45, 7) is 4.50. The van der Waals surface area contributed by atoms with Gasteiger partial charge in [0.15, 0.2) is 0 Å². The summed E-state index contributed by atoms with van der Waals surface area (Å²) in [7, 11) is 0. The Morgan fingerprint density at radius 1 is 1.16 bits per heavy atom. The number of ether oxygens (including phenoxy) is 1. The minimum absolute atomic E-state index is 0.0343. The van der Waals surface area contributed by atoms with Gasteiger partial charge in [-0.2, -0.15) is 0 Å². The van der Waals surface area contributed by atoms with Crippen LogP contribution in [0, 0.1) is 17.7 Å². The van der Waals surface area contributed by atoms with Crippen molar-refractivity contribution in [2.45, 2.75) is 45.4 Å². The van der Waals surface area contributed by atoms with Gasteiger partial charge in [0.1, 0.15) is 11.6 Å². The number of aromatic nitrogens is 1. The lowest BCUT2D eigenvalue weighted by Gasteiger charge is -2.32. The number of amides is 1. The van der Waals surface area contributed by atoms with E-state index in [-0.39, 0.29) is 17.6 Å². The molecule has 0 radical (unpaired) electrons. The standard InChI is InChI=1S/C26H29FN2O2/c1-3-31-25-7-5-4-6-24(25)29-26(30)17(2)18-8-10-19(11-9-18)21-14-15-28-23-13-12-20(27)16-22(21)23/h4-7,12-19H,3,8-11H2,1-2H3,(H,29,30)/t17-,18?,19?/m1/s1. The zero-order valence-electron chi connectivity index (χ0n) is 18.1. The summed E-state index contributed by atoms with van der Waals surface area (Å²) < 4.78 is 19.4. The number of fused-ring (bicyclic) bond motifs is 1. The van der Waals surface area contributed by atoms with Crippen LogP contribution in [0.2, 0.25) is 0 Å². The molecule has 1 aliphatic rings. The van der Waals surface area contributed by atoms with Crippen molar-refractivity contribution < 1.29 is 13.9 Å². The number of carbonyl (C=O) groups excluding carboxylic acids is 1. The maximum Gasteiger partial charge on any atom is 0.227 e. The molecule has 1 N–H and O–H groups in total. The SMILES string of the molecule is CCOc1ccccc1NC(=O)[C@H](C)C1CCC(c2ccnc3ccc(F)cc23)CC1. The normalized spacial score (nSPS) is 19.7. The first-order chi connectivity index (χ1) is 15.1. The van der Waals surface area contributed by atoms with E-state index in [0.717, 1.165) is 42.3 Å². The van der Waals surface area contributed by atoms with E-state index in [0.29, 0.717) is 24.2 Å². The molecule has 31 heavy (non-hydrogen) atoms. The number of nitrogens with zero attached hydrogens (tertiary/aromatic N) is 1. The predicted octanol–water partition coefficient (Wildman–Crippen LogP) is 6.32. The average Bonchev–Trinajstić information content (AvgIpc) is 2.79. The largest absolute Gasteiger partial charge is 0.492 e. The fourth-order valence-electron chi connectivity index (χ4n) is 4.74. The Hall–Kier alpha value is -2.95. The lowest BCUT2D eigenvalue weighted by molar-refractivity contribution is -0.121. The molecule has 1 amide bonds. The van der Waals surface area contributed by atoms with Crippen LogP contribution in [0.5, 0.6) is 5.75 Å². The van der Waals surface area contributed by atoms with Gasteiger partial charge in [-0.15, -0.1) is 0 Å². The summed E-state index contributed by atoms with van der Waals surface area (Å²) in [5, 5.41) is 3.96. The number of anilines is 1. The molecule has 0 spiro atoms. The summed E-state index contributed by atoms with van der Waals surface area (Å²) >= 11 is 0. The van der Waals surface area contributed by atoms with Gasteiger partial charge in [0, 0.05) is 17.5 Å². The predicted molar refractivity (Wildman–Crippen MR) is 122 cm³/mol. The van der Waals surface area contributed by atoms with E-state index in [1.807, 2.05) is 50.4 Å². The number of hydrogen-bond donors (Lipinski definition) is 1. The quantitative estimate of drug-likeness (QED) is 0.508. The van der Waals surface area contributed by atoms with Gasteiger partial charge in [0.05, 0.1) is 17.8 Å². The monoisotopic (exact) mass is 420 g/mol. The highest BCUT2D eigenvalue weighted by Crippen LogP contribution is 2.41. The first kappa shape index (κ1) is 21.3. The molecule has 0 unspecified atom stereocenters. The summed E-state index contributed by atoms with van der Waals surface area (Å²) in [6.07, 6.45) is 5.76. The molecule has 162 valence electrons. The number of pyridine rings is 1. The Labute approximate surface area is 182 Å². The summed E-state index contributed by atoms with van der Waals surface area (Å²) in [6, 6.07) is 14.4. The number of hydrogen-bond acceptors (Lipinski definition) is 3. The lowest BCUT2D eigenvalue weighted by Crippen LogP contribution is -2.29. The van der Waals surface area contributed by atoms with Crippen LogP contribution in [0.4, 0.5) is 10.1 Å². The van der Waals surface area contributed by atoms with Crippen molar-refractivity contribution in [3.8, 4) is 5.75 Å². The van der Waals surface area contributed by atoms with Crippen LogP contribution in [0.3, 0.4) is 0 Å². The summed E-state index contributed by atoms with van der Waals surface area (Å²) in [5.41, 5.74) is 2.73. The van der Waals surface area contributed by atoms with Crippen molar-refractivity contribution in [1.29, 1.82) is 0 Å². The van der Waals surface area contributed by atoms with Crippen LogP contribution in [0.15, 0.2) is 54.7 Å². The van der Waals surface area contributed by atoms with Gasteiger partial charge in [-0.25, -0.2) is 4.39 Å². The molecule has 1 heterocycles. The Morgan fingerprint density at radius 2 is 1.94 bits per heavy atom. The fourth-order valence-corrected chi connectivity index (χ4v) is 4.74. The second-order valence-electron chi connectivity index (χ2n) is 8.38. The Balaban J connectivity index is 1.41. The number of nitrogens with one attached hydrogen (secondary N) is 1. The molecule has 1 aliphatic carbocycles. The maximum atomic E-state index is 13.8. The molecule has 3 aromatic rings. The van der Waals surface area contributed by atoms with Gasteiger partial charge in [-0.05, 0) is 86.4 Å². The highest BCUT2D eigenvalue weighted by molar-refractivity contribution is 5.94. The van der Waals surface area contributed by atoms with E-state index >= 15 is 0 Å². The van der Waals surface area contributed by atoms with Crippen molar-refractivity contribution in [2.24, 2.45) is 11.8 Å². The van der Waals surface area contributed by atoms with Crippen molar-refractivity contribution in [1.82, 2.24) is 4.98 Å². The minimum atomic E-state index is -0.229. The zero-order valence-corrected chi connectivity index (χ0v) is 18.1. The third kappa shape index (κ3) is 4.71. The molecule has 1 aromatic heterocycles. The lowest BCUT2D eigenvalue weighted by atomic mass is 9.73. The van der Waals surface area contributed by atoms with Gasteiger partial charge in [0.25, 0.3) is 0 Å². The topological polar surface area (TPSA) is 51.2 Å². The van der Waals surface area contributed by atoms with Gasteiger partial charge in [0.2, 0.25) is 5.91 Å². The second kappa shape index (κ2) is 9.46. The first-order valence-corrected chi connectivity index (χ1v) is 11.1. The third-order valence-electron chi connectivity index (χ3n) is 6.51. The van der Waals surface area contributed by atoms with Gasteiger partial charge in [-0.3, -0.25) is 9.78 Å². The van der Waals surface area contributed by atoms with E-state index in [2.05, 4.69) is 10.3 Å². The number of benzene rings is 2. The van der Waals surface area contributed by atoms with E-state index in [4.69, 9.17) is 4.74 Å². The molecular formula is C26H29FN2O2. The molecule has 1 atom stereocenters. The van der Waals surface area contributed by atoms with E-state index < -0.39 is 0 Å². The number of halogens is 1. The highest BCUT2D eigenvalue weighted by atomic mass is 19.1. The molecular weight excluding hydrogens is 391 g/mol. The molecule has 4 rings (SSSR count). The van der Waals surface area contributed by atoms with Crippen LogP contribution in [-0.2, 0) is 4.79 Å². The Morgan fingerprint density at radius 3 is 2.71 bits per heavy atom. The molecule has 1 fully saturated rings. The first-order valence-electron chi connectivity index (χ1n) is 11.1. The average molecular weight is 421 g/mol. The Bertz CT molecular complexity index is 1060. The van der Waals surface area contributed by atoms with Crippen LogP contribution < -0.4 is 10.1 Å². The summed E-state index contributed by atoms with van der Waals surface area (Å²) in [5.74, 6) is 1.13. The van der Waals surface area contributed by atoms with Gasteiger partial charge >= 0.3 is 0 Å². The molecule has 1 saturated carbocycles. The van der Waals surface area contributed by atoms with Gasteiger partial charge < -0.3 is 10.1 Å². The number of para-hydroxylation sites is 2. The molecule has 0 saturated heterocycles. The fraction of sp³-hybridized carbons (Fsp3) is 0.385. The molecule has 5 heteroatoms. The third-order valence-corrected chi connectivity index (χ3v) is 6.51. The number of carbonyl (C=O) groups is 1. The van der Waals surface area contributed by atoms with Crippen molar-refractivity contribution in [2.75, 3.05) is 11.9 Å². The van der Waals surface area contributed by atoms with Crippen molar-refractivity contribution >= 4 is 22.5 Å². The molecule has 4 nitrogen and oxygen atoms in total. The van der Waals surface area contributed by atoms with Crippen molar-refractivity contribution in [3.63, 3.8) is 0 Å². The molecule has 2 aromatic carbocycles. The van der Waals surface area contributed by atoms with Crippen LogP contribution in [0.25, 0.3) is 10.9 Å². The van der Waals surface area contributed by atoms with Crippen LogP contribution >= 0.6 is 0 Å². The van der Waals surface area contributed by atoms with E-state index in [1.54, 1.807) is 12.1 Å². The zero-order chi connectivity index (χ0) is 21.8. The smallest absolute Gasteiger partial charge is 0.227 e. The maximum absolute atomic E-state index is 13.8. The number of rotatable bonds is 6. The summed E-state index contributed by atoms with van der Waals surface area (Å²) in [4.78, 5) is 17.3. The van der Waals surface area contributed by atoms with Crippen LogP contribution in [-0.4, -0.2) is 17.5 Å². The van der Waals surface area contributed by atoms with Crippen LogP contribution in [0.1, 0.15) is 51.0 Å². The molecule has 0 aliphatic heterocycles. The second-order valence-corrected chi connectivity index (χ2v) is 8.38. The van der Waals surface area contributed by atoms with Crippen molar-refractivity contribution in [3.05, 3.63) is 66.1 Å². The van der Waals surface area contributed by atoms with E-state index in [9.17, 15) is 9.18 Å². The van der Waals surface area contributed by atoms with E-state index in [1.165, 1.54) is 11.6 Å².